The molecular formula is C28H28N2O5. The van der Waals surface area contributed by atoms with E-state index in [-0.39, 0.29) is 11.5 Å². The van der Waals surface area contributed by atoms with E-state index in [0.29, 0.717) is 12.2 Å². The molecule has 0 aliphatic heterocycles. The van der Waals surface area contributed by atoms with E-state index in [1.165, 1.54) is 12.1 Å². The van der Waals surface area contributed by atoms with E-state index in [1.807, 2.05) is 49.4 Å². The molecule has 0 spiro atoms. The van der Waals surface area contributed by atoms with Gasteiger partial charge in [0.05, 0.1) is 18.4 Å². The highest BCUT2D eigenvalue weighted by Crippen LogP contribution is 2.17. The van der Waals surface area contributed by atoms with Gasteiger partial charge in [0, 0.05) is 12.6 Å². The second-order valence-corrected chi connectivity index (χ2v) is 7.83. The lowest BCUT2D eigenvalue weighted by atomic mass is 10.0. The monoisotopic (exact) mass is 472 g/mol. The molecule has 3 aromatic carbocycles. The van der Waals surface area contributed by atoms with Crippen LogP contribution in [0.5, 0.6) is 5.75 Å². The van der Waals surface area contributed by atoms with Crippen LogP contribution in [0, 0.1) is 0 Å². The van der Waals surface area contributed by atoms with Crippen LogP contribution in [0.2, 0.25) is 0 Å². The van der Waals surface area contributed by atoms with Gasteiger partial charge in [0.2, 0.25) is 5.91 Å². The number of rotatable bonds is 10. The van der Waals surface area contributed by atoms with Crippen LogP contribution in [-0.2, 0) is 14.3 Å². The van der Waals surface area contributed by atoms with Gasteiger partial charge in [-0.15, -0.1) is 0 Å². The van der Waals surface area contributed by atoms with Crippen molar-refractivity contribution in [2.75, 3.05) is 25.6 Å². The molecule has 0 aliphatic carbocycles. The van der Waals surface area contributed by atoms with E-state index >= 15 is 0 Å². The zero-order valence-corrected chi connectivity index (χ0v) is 19.7. The highest BCUT2D eigenvalue weighted by Gasteiger charge is 2.16. The molecule has 0 saturated carbocycles. The number of nitrogens with one attached hydrogen (secondary N) is 2. The third-order valence-corrected chi connectivity index (χ3v) is 5.26. The summed E-state index contributed by atoms with van der Waals surface area (Å²) in [5.74, 6) is -0.665. The number of hydrogen-bond acceptors (Lipinski definition) is 5. The Bertz CT molecular complexity index is 1170. The van der Waals surface area contributed by atoms with Gasteiger partial charge in [-0.05, 0) is 47.4 Å². The normalized spacial score (nSPS) is 11.5. The average molecular weight is 473 g/mol. The van der Waals surface area contributed by atoms with Crippen molar-refractivity contribution in [1.29, 1.82) is 0 Å². The molecular weight excluding hydrogens is 444 g/mol. The number of methoxy groups -OCH3 is 1. The second-order valence-electron chi connectivity index (χ2n) is 7.83. The molecule has 2 N–H and O–H groups in total. The molecule has 0 unspecified atom stereocenters. The molecule has 3 aromatic rings. The fourth-order valence-corrected chi connectivity index (χ4v) is 3.26. The van der Waals surface area contributed by atoms with Gasteiger partial charge in [-0.2, -0.15) is 0 Å². The number of esters is 1. The highest BCUT2D eigenvalue weighted by molar-refractivity contribution is 6.06. The minimum atomic E-state index is -0.703. The number of carbonyl (C=O) groups is 3. The van der Waals surface area contributed by atoms with E-state index in [4.69, 9.17) is 9.47 Å². The van der Waals surface area contributed by atoms with Gasteiger partial charge >= 0.3 is 5.97 Å². The lowest BCUT2D eigenvalue weighted by Crippen LogP contribution is -2.31. The quantitative estimate of drug-likeness (QED) is 0.336. The molecule has 0 heterocycles. The predicted molar refractivity (Wildman–Crippen MR) is 135 cm³/mol. The predicted octanol–water partition coefficient (Wildman–Crippen LogP) is 4.42. The highest BCUT2D eigenvalue weighted by atomic mass is 16.5. The second kappa shape index (κ2) is 12.7. The van der Waals surface area contributed by atoms with Crippen LogP contribution in [0.15, 0.2) is 84.9 Å². The van der Waals surface area contributed by atoms with E-state index in [0.717, 1.165) is 16.9 Å². The summed E-state index contributed by atoms with van der Waals surface area (Å²) in [6.45, 7) is 2.01. The van der Waals surface area contributed by atoms with Crippen LogP contribution in [0.3, 0.4) is 0 Å². The lowest BCUT2D eigenvalue weighted by molar-refractivity contribution is -0.124. The van der Waals surface area contributed by atoms with Crippen LogP contribution in [-0.4, -0.2) is 38.0 Å². The Morgan fingerprint density at radius 3 is 2.31 bits per heavy atom. The smallest absolute Gasteiger partial charge is 0.340 e. The maximum absolute atomic E-state index is 12.6. The average Bonchev–Trinajstić information content (AvgIpc) is 2.90. The molecule has 7 heteroatoms. The molecule has 3 rings (SSSR count). The first-order valence-corrected chi connectivity index (χ1v) is 11.2. The number of ether oxygens (including phenoxy) is 2. The van der Waals surface area contributed by atoms with Crippen LogP contribution < -0.4 is 15.4 Å². The minimum Gasteiger partial charge on any atom is -0.497 e. The van der Waals surface area contributed by atoms with Crippen LogP contribution in [0.4, 0.5) is 5.69 Å². The molecule has 1 atom stereocenters. The van der Waals surface area contributed by atoms with Gasteiger partial charge in [-0.3, -0.25) is 9.59 Å². The van der Waals surface area contributed by atoms with Crippen molar-refractivity contribution < 1.29 is 23.9 Å². The van der Waals surface area contributed by atoms with Gasteiger partial charge in [0.15, 0.2) is 6.61 Å². The first-order valence-electron chi connectivity index (χ1n) is 11.2. The van der Waals surface area contributed by atoms with Gasteiger partial charge in [0.25, 0.3) is 5.91 Å². The van der Waals surface area contributed by atoms with Gasteiger partial charge < -0.3 is 20.1 Å². The zero-order chi connectivity index (χ0) is 25.0. The molecule has 7 nitrogen and oxygen atoms in total. The Kier molecular flexibility index (Phi) is 9.19. The number of carbonyl (C=O) groups excluding carboxylic acids is 3. The fraction of sp³-hybridized carbons (Fsp3) is 0.179. The van der Waals surface area contributed by atoms with Crippen molar-refractivity contribution in [1.82, 2.24) is 5.32 Å². The summed E-state index contributed by atoms with van der Waals surface area (Å²) in [7, 11) is 1.58. The van der Waals surface area contributed by atoms with Crippen molar-refractivity contribution >= 4 is 29.5 Å². The van der Waals surface area contributed by atoms with Crippen LogP contribution >= 0.6 is 0 Å². The molecule has 0 saturated heterocycles. The van der Waals surface area contributed by atoms with Crippen molar-refractivity contribution in [2.45, 2.75) is 12.8 Å². The maximum Gasteiger partial charge on any atom is 0.340 e. The first kappa shape index (κ1) is 25.2. The first-order chi connectivity index (χ1) is 17.0. The molecule has 180 valence electrons. The molecule has 0 bridgehead atoms. The lowest BCUT2D eigenvalue weighted by Gasteiger charge is -2.13. The van der Waals surface area contributed by atoms with Gasteiger partial charge in [-0.1, -0.05) is 61.5 Å². The molecule has 0 fully saturated rings. The van der Waals surface area contributed by atoms with Crippen molar-refractivity contribution in [3.05, 3.63) is 102 Å². The Labute approximate surface area is 204 Å². The molecule has 2 amide bonds. The summed E-state index contributed by atoms with van der Waals surface area (Å²) in [6.07, 6.45) is 3.02. The molecule has 0 radical (unpaired) electrons. The minimum absolute atomic E-state index is 0.123. The Balaban J connectivity index is 1.51. The van der Waals surface area contributed by atoms with E-state index in [9.17, 15) is 14.4 Å². The third kappa shape index (κ3) is 7.85. The summed E-state index contributed by atoms with van der Waals surface area (Å²) in [5, 5.41) is 5.45. The molecule has 35 heavy (non-hydrogen) atoms. The number of amides is 2. The van der Waals surface area contributed by atoms with Crippen LogP contribution in [0.25, 0.3) is 6.08 Å². The molecule has 0 aliphatic rings. The topological polar surface area (TPSA) is 93.7 Å². The van der Waals surface area contributed by atoms with Crippen molar-refractivity contribution in [3.63, 3.8) is 0 Å². The van der Waals surface area contributed by atoms with E-state index < -0.39 is 24.4 Å². The van der Waals surface area contributed by atoms with Gasteiger partial charge in [0.1, 0.15) is 5.75 Å². The van der Waals surface area contributed by atoms with E-state index in [1.54, 1.807) is 43.5 Å². The van der Waals surface area contributed by atoms with Crippen molar-refractivity contribution in [3.8, 4) is 5.75 Å². The summed E-state index contributed by atoms with van der Waals surface area (Å²) in [4.78, 5) is 37.1. The Morgan fingerprint density at radius 2 is 1.60 bits per heavy atom. The Hall–Kier alpha value is -4.39. The summed E-state index contributed by atoms with van der Waals surface area (Å²) in [5.41, 5.74) is 2.38. The number of benzene rings is 3. The largest absolute Gasteiger partial charge is 0.497 e. The van der Waals surface area contributed by atoms with E-state index in [2.05, 4.69) is 10.6 Å². The number of hydrogen-bond donors (Lipinski definition) is 2. The summed E-state index contributed by atoms with van der Waals surface area (Å²) >= 11 is 0. The summed E-state index contributed by atoms with van der Waals surface area (Å²) in [6, 6.07) is 23.5. The number of para-hydroxylation sites is 1. The van der Waals surface area contributed by atoms with Gasteiger partial charge in [-0.25, -0.2) is 4.79 Å². The standard InChI is InChI=1S/C28H28N2O5/c1-20(22-8-4-3-5-9-22)18-29-27(32)19-35-28(33)24-10-6-7-11-25(24)30-26(31)17-14-21-12-15-23(34-2)16-13-21/h3-17,20H,18-19H2,1-2H3,(H,29,32)(H,30,31)/b17-14+/t20-/m0/s1. The fourth-order valence-electron chi connectivity index (χ4n) is 3.26. The maximum atomic E-state index is 12.6. The SMILES string of the molecule is COc1ccc(/C=C/C(=O)Nc2ccccc2C(=O)OCC(=O)NC[C@H](C)c2ccccc2)cc1. The zero-order valence-electron chi connectivity index (χ0n) is 19.7. The van der Waals surface area contributed by atoms with Crippen LogP contribution in [0.1, 0.15) is 34.3 Å². The Morgan fingerprint density at radius 1 is 0.914 bits per heavy atom. The number of anilines is 1. The summed E-state index contributed by atoms with van der Waals surface area (Å²) < 4.78 is 10.3. The molecule has 0 aromatic heterocycles. The van der Waals surface area contributed by atoms with Crippen molar-refractivity contribution in [2.24, 2.45) is 0 Å². The third-order valence-electron chi connectivity index (χ3n) is 5.26.